The molecular formula is C54H36BNO2. The number of benzene rings is 9. The summed E-state index contributed by atoms with van der Waals surface area (Å²) in [4.78, 5) is 2.27. The molecule has 2 aliphatic heterocycles. The zero-order valence-corrected chi connectivity index (χ0v) is 31.6. The van der Waals surface area contributed by atoms with E-state index in [1.807, 2.05) is 0 Å². The van der Waals surface area contributed by atoms with E-state index in [4.69, 9.17) is 9.47 Å². The topological polar surface area (TPSA) is 21.7 Å². The van der Waals surface area contributed by atoms with Crippen LogP contribution in [0.25, 0.3) is 44.5 Å². The molecule has 0 fully saturated rings. The number of hydrogen-bond donors (Lipinski definition) is 0. The minimum Gasteiger partial charge on any atom is -0.458 e. The van der Waals surface area contributed by atoms with Crippen LogP contribution < -0.4 is 30.8 Å². The van der Waals surface area contributed by atoms with Gasteiger partial charge in [0.25, 0.3) is 6.71 Å². The van der Waals surface area contributed by atoms with Gasteiger partial charge in [0.15, 0.2) is 0 Å². The number of rotatable bonds is 7. The summed E-state index contributed by atoms with van der Waals surface area (Å²) >= 11 is 0. The van der Waals surface area contributed by atoms with E-state index in [0.717, 1.165) is 101 Å². The molecule has 9 aromatic rings. The molecule has 0 amide bonds. The standard InChI is InChI=1S/C54H36BNO2/c1-7-19-37(20-8-1)41-31-46(39-23-11-3-12-24-39)53-48(33-41)55-49-34-42(38-21-9-2-10-22-38)32-47(40-25-13-4-14-26-40)54(49)58-51-36-45(35-50(57-53)52(51)55)56(43-27-15-5-16-28-43)44-29-17-6-18-30-44/h1-36H. The van der Waals surface area contributed by atoms with Crippen LogP contribution in [0.15, 0.2) is 218 Å². The van der Waals surface area contributed by atoms with Crippen molar-refractivity contribution < 1.29 is 9.47 Å². The van der Waals surface area contributed by atoms with E-state index in [9.17, 15) is 0 Å². The molecular weight excluding hydrogens is 705 g/mol. The Morgan fingerprint density at radius 3 is 1.03 bits per heavy atom. The highest BCUT2D eigenvalue weighted by molar-refractivity contribution is 6.98. The van der Waals surface area contributed by atoms with Crippen LogP contribution in [0.4, 0.5) is 17.1 Å². The second-order valence-corrected chi connectivity index (χ2v) is 14.8. The lowest BCUT2D eigenvalue weighted by Crippen LogP contribution is -2.57. The van der Waals surface area contributed by atoms with Gasteiger partial charge in [-0.05, 0) is 80.7 Å². The Labute approximate surface area is 339 Å². The van der Waals surface area contributed by atoms with E-state index in [2.05, 4.69) is 223 Å². The first-order valence-electron chi connectivity index (χ1n) is 19.8. The third kappa shape index (κ3) is 5.86. The summed E-state index contributed by atoms with van der Waals surface area (Å²) in [5.41, 5.74) is 15.2. The lowest BCUT2D eigenvalue weighted by molar-refractivity contribution is 0.466. The molecule has 4 heteroatoms. The third-order valence-electron chi connectivity index (χ3n) is 11.3. The number of nitrogens with zero attached hydrogens (tertiary/aromatic N) is 1. The van der Waals surface area contributed by atoms with Crippen molar-refractivity contribution in [3.63, 3.8) is 0 Å². The van der Waals surface area contributed by atoms with Gasteiger partial charge in [0.05, 0.1) is 5.69 Å². The predicted molar refractivity (Wildman–Crippen MR) is 241 cm³/mol. The molecule has 0 bridgehead atoms. The van der Waals surface area contributed by atoms with Crippen molar-refractivity contribution in [2.24, 2.45) is 0 Å². The molecule has 0 atom stereocenters. The van der Waals surface area contributed by atoms with Gasteiger partial charge >= 0.3 is 0 Å². The lowest BCUT2D eigenvalue weighted by atomic mass is 9.34. The van der Waals surface area contributed by atoms with E-state index in [0.29, 0.717) is 0 Å². The number of fused-ring (bicyclic) bond motifs is 4. The monoisotopic (exact) mass is 741 g/mol. The first-order chi connectivity index (χ1) is 28.8. The summed E-state index contributed by atoms with van der Waals surface area (Å²) in [5, 5.41) is 0. The Kier molecular flexibility index (Phi) is 8.26. The number of ether oxygens (including phenoxy) is 2. The van der Waals surface area contributed by atoms with Crippen molar-refractivity contribution in [2.45, 2.75) is 0 Å². The SMILES string of the molecule is c1ccc(-c2cc3c(c(-c4ccccc4)c2)Oc2cc(N(c4ccccc4)c4ccccc4)cc4c2B3c2cc(-c3ccccc3)cc(-c3ccccc3)c2O4)cc1. The normalized spacial score (nSPS) is 12.0. The molecule has 272 valence electrons. The van der Waals surface area contributed by atoms with Crippen molar-refractivity contribution in [3.05, 3.63) is 218 Å². The predicted octanol–water partition coefficient (Wildman–Crippen LogP) is 12.6. The molecule has 3 nitrogen and oxygen atoms in total. The van der Waals surface area contributed by atoms with Crippen molar-refractivity contribution in [1.29, 1.82) is 0 Å². The summed E-state index contributed by atoms with van der Waals surface area (Å²) in [6.45, 7) is -0.189. The summed E-state index contributed by atoms with van der Waals surface area (Å²) < 4.78 is 14.6. The van der Waals surface area contributed by atoms with Gasteiger partial charge in [-0.1, -0.05) is 170 Å². The second-order valence-electron chi connectivity index (χ2n) is 14.8. The zero-order valence-electron chi connectivity index (χ0n) is 31.6. The van der Waals surface area contributed by atoms with Crippen LogP contribution in [-0.4, -0.2) is 6.71 Å². The van der Waals surface area contributed by atoms with Crippen molar-refractivity contribution in [3.8, 4) is 67.5 Å². The Balaban J connectivity index is 1.23. The molecule has 0 spiro atoms. The zero-order chi connectivity index (χ0) is 38.4. The van der Waals surface area contributed by atoms with Crippen LogP contribution in [-0.2, 0) is 0 Å². The average Bonchev–Trinajstić information content (AvgIpc) is 3.30. The Bertz CT molecular complexity index is 2720. The smallest absolute Gasteiger partial charge is 0.260 e. The minimum absolute atomic E-state index is 0.189. The minimum atomic E-state index is -0.189. The van der Waals surface area contributed by atoms with Crippen molar-refractivity contribution in [1.82, 2.24) is 0 Å². The maximum Gasteiger partial charge on any atom is 0.260 e. The quantitative estimate of drug-likeness (QED) is 0.152. The van der Waals surface area contributed by atoms with E-state index >= 15 is 0 Å². The van der Waals surface area contributed by atoms with Gasteiger partial charge in [-0.15, -0.1) is 0 Å². The largest absolute Gasteiger partial charge is 0.458 e. The van der Waals surface area contributed by atoms with Gasteiger partial charge in [0, 0.05) is 40.1 Å². The van der Waals surface area contributed by atoms with Crippen LogP contribution in [0.5, 0.6) is 23.0 Å². The Hall–Kier alpha value is -7.56. The summed E-state index contributed by atoms with van der Waals surface area (Å²) in [5.74, 6) is 3.28. The fraction of sp³-hybridized carbons (Fsp3) is 0. The van der Waals surface area contributed by atoms with E-state index in [-0.39, 0.29) is 6.71 Å². The molecule has 0 aliphatic carbocycles. The second kappa shape index (κ2) is 14.2. The Morgan fingerprint density at radius 2 is 0.655 bits per heavy atom. The molecule has 0 saturated heterocycles. The summed E-state index contributed by atoms with van der Waals surface area (Å²) in [7, 11) is 0. The molecule has 0 aromatic heterocycles. The molecule has 0 saturated carbocycles. The molecule has 9 aromatic carbocycles. The number of para-hydroxylation sites is 2. The summed E-state index contributed by atoms with van der Waals surface area (Å²) in [6, 6.07) is 77.2. The van der Waals surface area contributed by atoms with Gasteiger partial charge in [-0.25, -0.2) is 0 Å². The van der Waals surface area contributed by atoms with Crippen LogP contribution in [0.1, 0.15) is 0 Å². The highest BCUT2D eigenvalue weighted by Gasteiger charge is 2.43. The molecule has 2 heterocycles. The van der Waals surface area contributed by atoms with E-state index in [1.54, 1.807) is 0 Å². The van der Waals surface area contributed by atoms with Gasteiger partial charge < -0.3 is 14.4 Å². The third-order valence-corrected chi connectivity index (χ3v) is 11.3. The maximum atomic E-state index is 7.30. The summed E-state index contributed by atoms with van der Waals surface area (Å²) in [6.07, 6.45) is 0. The van der Waals surface area contributed by atoms with E-state index < -0.39 is 0 Å². The van der Waals surface area contributed by atoms with Gasteiger partial charge in [-0.2, -0.15) is 0 Å². The average molecular weight is 742 g/mol. The number of anilines is 3. The first kappa shape index (κ1) is 33.8. The van der Waals surface area contributed by atoms with Crippen LogP contribution in [0.3, 0.4) is 0 Å². The first-order valence-corrected chi connectivity index (χ1v) is 19.8. The van der Waals surface area contributed by atoms with Gasteiger partial charge in [0.2, 0.25) is 0 Å². The number of hydrogen-bond acceptors (Lipinski definition) is 3. The van der Waals surface area contributed by atoms with Crippen LogP contribution >= 0.6 is 0 Å². The molecule has 0 unspecified atom stereocenters. The maximum absolute atomic E-state index is 7.30. The molecule has 2 aliphatic rings. The van der Waals surface area contributed by atoms with Crippen molar-refractivity contribution in [2.75, 3.05) is 4.90 Å². The van der Waals surface area contributed by atoms with Gasteiger partial charge in [0.1, 0.15) is 23.0 Å². The molecule has 0 N–H and O–H groups in total. The lowest BCUT2D eigenvalue weighted by Gasteiger charge is -2.37. The van der Waals surface area contributed by atoms with E-state index in [1.165, 1.54) is 0 Å². The van der Waals surface area contributed by atoms with Crippen LogP contribution in [0, 0.1) is 0 Å². The fourth-order valence-corrected chi connectivity index (χ4v) is 8.69. The molecule has 11 rings (SSSR count). The van der Waals surface area contributed by atoms with Crippen molar-refractivity contribution >= 4 is 40.2 Å². The van der Waals surface area contributed by atoms with Gasteiger partial charge in [-0.3, -0.25) is 0 Å². The van der Waals surface area contributed by atoms with Crippen LogP contribution in [0.2, 0.25) is 0 Å². The molecule has 0 radical (unpaired) electrons. The molecule has 58 heavy (non-hydrogen) atoms. The Morgan fingerprint density at radius 1 is 0.310 bits per heavy atom. The highest BCUT2D eigenvalue weighted by atomic mass is 16.5. The fourth-order valence-electron chi connectivity index (χ4n) is 8.69. The highest BCUT2D eigenvalue weighted by Crippen LogP contribution is 2.47.